The average molecular weight is 600 g/mol. The van der Waals surface area contributed by atoms with E-state index in [-0.39, 0.29) is 17.7 Å². The normalized spacial score (nSPS) is 13.6. The van der Waals surface area contributed by atoms with Gasteiger partial charge in [0.05, 0.1) is 10.7 Å². The number of aryl methyl sites for hydroxylation is 3. The molecule has 0 radical (unpaired) electrons. The van der Waals surface area contributed by atoms with Crippen LogP contribution in [0.4, 0.5) is 10.5 Å². The van der Waals surface area contributed by atoms with Crippen LogP contribution in [0.15, 0.2) is 36.4 Å². The van der Waals surface area contributed by atoms with Gasteiger partial charge >= 0.3 is 6.09 Å². The SMILES string of the molecule is CCCCCCN(C(=O)C(NC(=O)OC(C)(C)C)C(C)CC)C(C(=O)Nc1c(C)cccc1Cl)c1ccc(C)cc1C. The number of alkyl carbamates (subject to hydrolysis) is 1. The van der Waals surface area contributed by atoms with Crippen LogP contribution in [0, 0.1) is 26.7 Å². The standard InChI is InChI=1S/C34H50ClN3O4/c1-10-12-13-14-20-38(32(40)29(23(4)11-2)37-33(41)42-34(7,8)9)30(26-19-18-22(3)21-25(26)6)31(39)36-28-24(5)16-15-17-27(28)35/h15-19,21,23,29-30H,10-14,20H2,1-9H3,(H,36,39)(H,37,41). The van der Waals surface area contributed by atoms with E-state index >= 15 is 0 Å². The van der Waals surface area contributed by atoms with Crippen LogP contribution in [0.3, 0.4) is 0 Å². The summed E-state index contributed by atoms with van der Waals surface area (Å²) in [6.07, 6.45) is 3.68. The van der Waals surface area contributed by atoms with Gasteiger partial charge in [0.15, 0.2) is 0 Å². The minimum atomic E-state index is -0.942. The van der Waals surface area contributed by atoms with E-state index in [4.69, 9.17) is 16.3 Å². The number of para-hydroxylation sites is 1. The molecule has 2 rings (SSSR count). The van der Waals surface area contributed by atoms with Gasteiger partial charge in [-0.3, -0.25) is 9.59 Å². The van der Waals surface area contributed by atoms with Gasteiger partial charge in [0, 0.05) is 6.54 Å². The minimum Gasteiger partial charge on any atom is -0.444 e. The number of hydrogen-bond acceptors (Lipinski definition) is 4. The predicted molar refractivity (Wildman–Crippen MR) is 172 cm³/mol. The summed E-state index contributed by atoms with van der Waals surface area (Å²) in [6, 6.07) is 9.51. The van der Waals surface area contributed by atoms with Gasteiger partial charge in [0.1, 0.15) is 17.7 Å². The van der Waals surface area contributed by atoms with Crippen molar-refractivity contribution >= 4 is 35.2 Å². The summed E-state index contributed by atoms with van der Waals surface area (Å²) in [5.41, 5.74) is 3.30. The van der Waals surface area contributed by atoms with Crippen LogP contribution >= 0.6 is 11.6 Å². The molecule has 2 N–H and O–H groups in total. The number of nitrogens with one attached hydrogen (secondary N) is 2. The monoisotopic (exact) mass is 599 g/mol. The number of hydrogen-bond donors (Lipinski definition) is 2. The minimum absolute atomic E-state index is 0.197. The first-order valence-electron chi connectivity index (χ1n) is 15.1. The Bertz CT molecular complexity index is 1200. The molecule has 0 aliphatic rings. The van der Waals surface area contributed by atoms with Crippen molar-refractivity contribution in [2.45, 2.75) is 112 Å². The molecular weight excluding hydrogens is 550 g/mol. The molecule has 2 aromatic carbocycles. The molecule has 8 heteroatoms. The van der Waals surface area contributed by atoms with Crippen molar-refractivity contribution in [3.8, 4) is 0 Å². The molecule has 0 fully saturated rings. The number of nitrogens with zero attached hydrogens (tertiary/aromatic N) is 1. The van der Waals surface area contributed by atoms with Gasteiger partial charge in [-0.15, -0.1) is 0 Å². The summed E-state index contributed by atoms with van der Waals surface area (Å²) in [5.74, 6) is -0.873. The molecule has 232 valence electrons. The van der Waals surface area contributed by atoms with Crippen molar-refractivity contribution in [2.75, 3.05) is 11.9 Å². The molecule has 0 aliphatic carbocycles. The van der Waals surface area contributed by atoms with Crippen LogP contribution in [0.1, 0.15) is 102 Å². The summed E-state index contributed by atoms with van der Waals surface area (Å²) in [5, 5.41) is 6.29. The highest BCUT2D eigenvalue weighted by Gasteiger charge is 2.38. The van der Waals surface area contributed by atoms with E-state index in [0.717, 1.165) is 47.9 Å². The number of anilines is 1. The lowest BCUT2D eigenvalue weighted by atomic mass is 9.93. The second-order valence-electron chi connectivity index (χ2n) is 12.3. The first-order valence-corrected chi connectivity index (χ1v) is 15.5. The van der Waals surface area contributed by atoms with Crippen LogP contribution in [0.2, 0.25) is 5.02 Å². The highest BCUT2D eigenvalue weighted by atomic mass is 35.5. The fraction of sp³-hybridized carbons (Fsp3) is 0.559. The Hall–Kier alpha value is -3.06. The Morgan fingerprint density at radius 2 is 1.67 bits per heavy atom. The Morgan fingerprint density at radius 1 is 0.976 bits per heavy atom. The lowest BCUT2D eigenvalue weighted by Gasteiger charge is -2.36. The summed E-state index contributed by atoms with van der Waals surface area (Å²) in [7, 11) is 0. The van der Waals surface area contributed by atoms with E-state index in [0.29, 0.717) is 23.7 Å². The van der Waals surface area contributed by atoms with E-state index in [9.17, 15) is 14.4 Å². The molecule has 3 amide bonds. The van der Waals surface area contributed by atoms with Gasteiger partial charge in [0.25, 0.3) is 5.91 Å². The van der Waals surface area contributed by atoms with Crippen LogP contribution < -0.4 is 10.6 Å². The van der Waals surface area contributed by atoms with Crippen LogP contribution in [0.25, 0.3) is 0 Å². The van der Waals surface area contributed by atoms with Crippen LogP contribution in [-0.2, 0) is 14.3 Å². The van der Waals surface area contributed by atoms with Crippen molar-refractivity contribution < 1.29 is 19.1 Å². The molecule has 7 nitrogen and oxygen atoms in total. The van der Waals surface area contributed by atoms with E-state index in [1.165, 1.54) is 0 Å². The first kappa shape index (κ1) is 35.1. The molecule has 2 aromatic rings. The third-order valence-electron chi connectivity index (χ3n) is 7.44. The molecule has 0 spiro atoms. The lowest BCUT2D eigenvalue weighted by molar-refractivity contribution is -0.142. The Balaban J connectivity index is 2.65. The Kier molecular flexibility index (Phi) is 13.4. The zero-order valence-corrected chi connectivity index (χ0v) is 27.7. The van der Waals surface area contributed by atoms with Crippen molar-refractivity contribution in [1.29, 1.82) is 0 Å². The maximum Gasteiger partial charge on any atom is 0.408 e. The maximum atomic E-state index is 14.5. The second-order valence-corrected chi connectivity index (χ2v) is 12.7. The summed E-state index contributed by atoms with van der Waals surface area (Å²) in [6.45, 7) is 17.6. The Morgan fingerprint density at radius 3 is 2.24 bits per heavy atom. The van der Waals surface area contributed by atoms with Gasteiger partial charge in [-0.25, -0.2) is 4.79 Å². The average Bonchev–Trinajstić information content (AvgIpc) is 2.90. The van der Waals surface area contributed by atoms with E-state index in [1.54, 1.807) is 31.7 Å². The highest BCUT2D eigenvalue weighted by Crippen LogP contribution is 2.32. The molecule has 0 saturated carbocycles. The van der Waals surface area contributed by atoms with E-state index in [2.05, 4.69) is 17.6 Å². The molecule has 0 aliphatic heterocycles. The maximum absolute atomic E-state index is 14.5. The molecule has 0 heterocycles. The summed E-state index contributed by atoms with van der Waals surface area (Å²) in [4.78, 5) is 43.4. The number of halogens is 1. The van der Waals surface area contributed by atoms with Crippen molar-refractivity contribution in [2.24, 2.45) is 5.92 Å². The number of unbranched alkanes of at least 4 members (excludes halogenated alkanes) is 3. The predicted octanol–water partition coefficient (Wildman–Crippen LogP) is 8.29. The van der Waals surface area contributed by atoms with Crippen molar-refractivity contribution in [1.82, 2.24) is 10.2 Å². The summed E-state index contributed by atoms with van der Waals surface area (Å²) < 4.78 is 5.52. The number of amides is 3. The molecule has 3 unspecified atom stereocenters. The first-order chi connectivity index (χ1) is 19.7. The molecule has 42 heavy (non-hydrogen) atoms. The van der Waals surface area contributed by atoms with E-state index in [1.807, 2.05) is 65.0 Å². The fourth-order valence-corrected chi connectivity index (χ4v) is 5.21. The number of benzene rings is 2. The molecule has 3 atom stereocenters. The quantitative estimate of drug-likeness (QED) is 0.227. The van der Waals surface area contributed by atoms with Crippen molar-refractivity contribution in [3.63, 3.8) is 0 Å². The third-order valence-corrected chi connectivity index (χ3v) is 7.75. The molecule has 0 saturated heterocycles. The molecule has 0 bridgehead atoms. The van der Waals surface area contributed by atoms with Crippen molar-refractivity contribution in [3.05, 3.63) is 63.7 Å². The van der Waals surface area contributed by atoms with Gasteiger partial charge in [0.2, 0.25) is 5.91 Å². The van der Waals surface area contributed by atoms with Crippen LogP contribution in [-0.4, -0.2) is 41.0 Å². The zero-order valence-electron chi connectivity index (χ0n) is 26.9. The zero-order chi connectivity index (χ0) is 31.6. The topological polar surface area (TPSA) is 87.7 Å². The lowest BCUT2D eigenvalue weighted by Crippen LogP contribution is -2.55. The van der Waals surface area contributed by atoms with E-state index < -0.39 is 23.8 Å². The number of ether oxygens (including phenoxy) is 1. The largest absolute Gasteiger partial charge is 0.444 e. The number of carbonyl (C=O) groups is 3. The van der Waals surface area contributed by atoms with Gasteiger partial charge < -0.3 is 20.3 Å². The third kappa shape index (κ3) is 10.0. The highest BCUT2D eigenvalue weighted by molar-refractivity contribution is 6.34. The fourth-order valence-electron chi connectivity index (χ4n) is 4.94. The molecule has 0 aromatic heterocycles. The molecular formula is C34H50ClN3O4. The van der Waals surface area contributed by atoms with Gasteiger partial charge in [-0.05, 0) is 76.6 Å². The summed E-state index contributed by atoms with van der Waals surface area (Å²) >= 11 is 6.50. The van der Waals surface area contributed by atoms with Gasteiger partial charge in [-0.1, -0.05) is 94.0 Å². The number of rotatable bonds is 13. The second kappa shape index (κ2) is 16.0. The number of carbonyl (C=O) groups excluding carboxylic acids is 3. The van der Waals surface area contributed by atoms with Crippen LogP contribution in [0.5, 0.6) is 0 Å². The van der Waals surface area contributed by atoms with Gasteiger partial charge in [-0.2, -0.15) is 0 Å². The Labute approximate surface area is 257 Å². The smallest absolute Gasteiger partial charge is 0.408 e.